The molecule has 3 fully saturated rings. The van der Waals surface area contributed by atoms with Crippen LogP contribution in [-0.2, 0) is 14.3 Å². The van der Waals surface area contributed by atoms with E-state index >= 15 is 0 Å². The number of allylic oxidation sites excluding steroid dienone is 1. The number of aldehydes is 1. The smallest absolute Gasteiger partial charge is 0.303 e. The molecule has 0 amide bonds. The van der Waals surface area contributed by atoms with Crippen LogP contribution in [0.1, 0.15) is 79.1 Å². The SMILES string of the molecule is CC(=O)OC1(C)CC[C@H]2[C@@H]3CCC4=C(C)C(O)CC[C@]4(C=O)[C@@H]3CC[C@@]21C. The normalized spacial score (nSPS) is 49.1. The second-order valence-electron chi connectivity index (χ2n) is 10.1. The molecule has 0 aromatic carbocycles. The van der Waals surface area contributed by atoms with Crippen molar-refractivity contribution in [2.45, 2.75) is 90.8 Å². The topological polar surface area (TPSA) is 63.6 Å². The predicted molar refractivity (Wildman–Crippen MR) is 103 cm³/mol. The van der Waals surface area contributed by atoms with Gasteiger partial charge in [0.1, 0.15) is 11.9 Å². The molecule has 0 spiro atoms. The maximum atomic E-state index is 12.5. The average molecular weight is 375 g/mol. The zero-order valence-electron chi connectivity index (χ0n) is 17.2. The summed E-state index contributed by atoms with van der Waals surface area (Å²) in [6, 6.07) is 0. The van der Waals surface area contributed by atoms with Gasteiger partial charge < -0.3 is 14.6 Å². The van der Waals surface area contributed by atoms with Gasteiger partial charge in [0, 0.05) is 12.3 Å². The van der Waals surface area contributed by atoms with Gasteiger partial charge in [-0.3, -0.25) is 4.79 Å². The monoisotopic (exact) mass is 374 g/mol. The van der Waals surface area contributed by atoms with E-state index in [-0.39, 0.29) is 22.9 Å². The number of carbonyl (C=O) groups is 2. The molecule has 4 heteroatoms. The van der Waals surface area contributed by atoms with E-state index in [2.05, 4.69) is 13.8 Å². The Balaban J connectivity index is 1.71. The highest BCUT2D eigenvalue weighted by Crippen LogP contribution is 2.68. The van der Waals surface area contributed by atoms with E-state index in [1.807, 2.05) is 6.92 Å². The van der Waals surface area contributed by atoms with Gasteiger partial charge in [-0.25, -0.2) is 0 Å². The summed E-state index contributed by atoms with van der Waals surface area (Å²) in [6.07, 6.45) is 8.39. The molecular formula is C23H34O4. The van der Waals surface area contributed by atoms with Crippen molar-refractivity contribution in [2.24, 2.45) is 28.6 Å². The van der Waals surface area contributed by atoms with E-state index in [1.54, 1.807) is 0 Å². The van der Waals surface area contributed by atoms with Gasteiger partial charge in [0.25, 0.3) is 0 Å². The number of ether oxygens (including phenoxy) is 1. The van der Waals surface area contributed by atoms with E-state index in [9.17, 15) is 14.7 Å². The maximum Gasteiger partial charge on any atom is 0.303 e. The molecule has 27 heavy (non-hydrogen) atoms. The lowest BCUT2D eigenvalue weighted by Crippen LogP contribution is -2.56. The van der Waals surface area contributed by atoms with Crippen LogP contribution >= 0.6 is 0 Å². The first kappa shape index (κ1) is 19.2. The summed E-state index contributed by atoms with van der Waals surface area (Å²) in [5, 5.41) is 10.3. The molecule has 2 unspecified atom stereocenters. The lowest BCUT2D eigenvalue weighted by Gasteiger charge is -2.59. The molecule has 0 radical (unpaired) electrons. The molecule has 7 atom stereocenters. The summed E-state index contributed by atoms with van der Waals surface area (Å²) in [7, 11) is 0. The number of carbonyl (C=O) groups excluding carboxylic acids is 2. The molecule has 1 N–H and O–H groups in total. The predicted octanol–water partition coefficient (Wildman–Crippen LogP) is 4.20. The third-order valence-electron chi connectivity index (χ3n) is 9.30. The number of fused-ring (bicyclic) bond motifs is 5. The third-order valence-corrected chi connectivity index (χ3v) is 9.30. The molecule has 0 bridgehead atoms. The molecule has 4 nitrogen and oxygen atoms in total. The van der Waals surface area contributed by atoms with Gasteiger partial charge in [-0.15, -0.1) is 0 Å². The van der Waals surface area contributed by atoms with Crippen molar-refractivity contribution in [3.8, 4) is 0 Å². The van der Waals surface area contributed by atoms with Crippen molar-refractivity contribution in [1.82, 2.24) is 0 Å². The number of rotatable bonds is 2. The fraction of sp³-hybridized carbons (Fsp3) is 0.826. The van der Waals surface area contributed by atoms with Crippen molar-refractivity contribution in [2.75, 3.05) is 0 Å². The Morgan fingerprint density at radius 1 is 1.11 bits per heavy atom. The molecule has 0 aliphatic heterocycles. The molecule has 3 saturated carbocycles. The van der Waals surface area contributed by atoms with Gasteiger partial charge in [0.05, 0.1) is 11.5 Å². The van der Waals surface area contributed by atoms with Crippen LogP contribution in [0.25, 0.3) is 0 Å². The largest absolute Gasteiger partial charge is 0.459 e. The molecular weight excluding hydrogens is 340 g/mol. The van der Waals surface area contributed by atoms with Crippen LogP contribution in [-0.4, -0.2) is 29.1 Å². The van der Waals surface area contributed by atoms with E-state index < -0.39 is 5.60 Å². The summed E-state index contributed by atoms with van der Waals surface area (Å²) < 4.78 is 5.89. The Kier molecular flexibility index (Phi) is 4.38. The quantitative estimate of drug-likeness (QED) is 0.447. The molecule has 4 rings (SSSR count). The van der Waals surface area contributed by atoms with Crippen LogP contribution in [0.3, 0.4) is 0 Å². The maximum absolute atomic E-state index is 12.5. The van der Waals surface area contributed by atoms with Crippen molar-refractivity contribution in [3.05, 3.63) is 11.1 Å². The highest BCUT2D eigenvalue weighted by Gasteiger charge is 2.65. The zero-order chi connectivity index (χ0) is 19.6. The highest BCUT2D eigenvalue weighted by atomic mass is 16.6. The number of aliphatic hydroxyl groups excluding tert-OH is 1. The summed E-state index contributed by atoms with van der Waals surface area (Å²) >= 11 is 0. The fourth-order valence-corrected chi connectivity index (χ4v) is 7.72. The fourth-order valence-electron chi connectivity index (χ4n) is 7.72. The molecule has 0 aromatic rings. The summed E-state index contributed by atoms with van der Waals surface area (Å²) in [5.74, 6) is 1.21. The van der Waals surface area contributed by atoms with E-state index in [0.717, 1.165) is 50.5 Å². The van der Waals surface area contributed by atoms with E-state index in [1.165, 1.54) is 18.8 Å². The minimum absolute atomic E-state index is 0.00560. The molecule has 0 aromatic heterocycles. The van der Waals surface area contributed by atoms with Crippen molar-refractivity contribution in [1.29, 1.82) is 0 Å². The average Bonchev–Trinajstić information content (AvgIpc) is 2.88. The van der Waals surface area contributed by atoms with E-state index in [4.69, 9.17) is 4.74 Å². The van der Waals surface area contributed by atoms with E-state index in [0.29, 0.717) is 24.2 Å². The van der Waals surface area contributed by atoms with Crippen LogP contribution in [0.15, 0.2) is 11.1 Å². The number of esters is 1. The lowest BCUT2D eigenvalue weighted by molar-refractivity contribution is -0.178. The molecule has 4 aliphatic rings. The van der Waals surface area contributed by atoms with Crippen molar-refractivity contribution >= 4 is 12.3 Å². The Morgan fingerprint density at radius 3 is 2.48 bits per heavy atom. The first-order valence-electron chi connectivity index (χ1n) is 10.7. The van der Waals surface area contributed by atoms with Gasteiger partial charge in [-0.1, -0.05) is 12.5 Å². The van der Waals surface area contributed by atoms with Gasteiger partial charge >= 0.3 is 5.97 Å². The lowest BCUT2D eigenvalue weighted by atomic mass is 9.46. The Labute approximate surface area is 162 Å². The summed E-state index contributed by atoms with van der Waals surface area (Å²) in [6.45, 7) is 7.99. The minimum atomic E-state index is -0.391. The molecule has 4 aliphatic carbocycles. The highest BCUT2D eigenvalue weighted by molar-refractivity contribution is 5.68. The van der Waals surface area contributed by atoms with Crippen LogP contribution in [0, 0.1) is 28.6 Å². The molecule has 0 heterocycles. The van der Waals surface area contributed by atoms with Crippen molar-refractivity contribution < 1.29 is 19.4 Å². The number of aliphatic hydroxyl groups is 1. The first-order valence-corrected chi connectivity index (χ1v) is 10.7. The molecule has 0 saturated heterocycles. The van der Waals surface area contributed by atoms with Gasteiger partial charge in [-0.05, 0) is 88.5 Å². The number of hydrogen-bond acceptors (Lipinski definition) is 4. The number of hydrogen-bond donors (Lipinski definition) is 1. The second-order valence-corrected chi connectivity index (χ2v) is 10.1. The van der Waals surface area contributed by atoms with Crippen LogP contribution < -0.4 is 0 Å². The summed E-state index contributed by atoms with van der Waals surface area (Å²) in [4.78, 5) is 24.2. The van der Waals surface area contributed by atoms with Gasteiger partial charge in [0.15, 0.2) is 0 Å². The third kappa shape index (κ3) is 2.44. The first-order chi connectivity index (χ1) is 12.7. The van der Waals surface area contributed by atoms with Gasteiger partial charge in [-0.2, -0.15) is 0 Å². The van der Waals surface area contributed by atoms with Crippen LogP contribution in [0.5, 0.6) is 0 Å². The second kappa shape index (κ2) is 6.17. The van der Waals surface area contributed by atoms with Gasteiger partial charge in [0.2, 0.25) is 0 Å². The summed E-state index contributed by atoms with van der Waals surface area (Å²) in [5.41, 5.74) is 1.53. The minimum Gasteiger partial charge on any atom is -0.459 e. The standard InChI is InChI=1S/C23H34O4/c1-14-17-6-5-16-18-8-11-22(4,27-15(2)25)21(18,3)10-7-19(16)23(17,13-24)12-9-20(14)26/h13,16,18-20,26H,5-12H2,1-4H3/t16-,18-,19+,20?,21-,22?,23+/m0/s1. The van der Waals surface area contributed by atoms with Crippen LogP contribution in [0.4, 0.5) is 0 Å². The van der Waals surface area contributed by atoms with Crippen molar-refractivity contribution in [3.63, 3.8) is 0 Å². The Hall–Kier alpha value is -1.16. The zero-order valence-corrected chi connectivity index (χ0v) is 17.2. The Bertz CT molecular complexity index is 696. The Morgan fingerprint density at radius 2 is 1.81 bits per heavy atom. The van der Waals surface area contributed by atoms with Crippen LogP contribution in [0.2, 0.25) is 0 Å². The molecule has 150 valence electrons.